The van der Waals surface area contributed by atoms with E-state index in [4.69, 9.17) is 11.6 Å². The molecule has 1 heterocycles. The lowest BCUT2D eigenvalue weighted by molar-refractivity contribution is 0.586. The molecule has 1 aliphatic carbocycles. The van der Waals surface area contributed by atoms with Crippen molar-refractivity contribution in [3.8, 4) is 0 Å². The topological polar surface area (TPSA) is 28.2 Å². The van der Waals surface area contributed by atoms with Gasteiger partial charge in [0.2, 0.25) is 0 Å². The largest absolute Gasteiger partial charge is 0.353 e. The minimum absolute atomic E-state index is 0.456. The Morgan fingerprint density at radius 1 is 1.35 bits per heavy atom. The third-order valence-corrected chi connectivity index (χ3v) is 3.81. The molecular weight excluding hydrogens is 270 g/mol. The average Bonchev–Trinajstić information content (AvgIpc) is 3.19. The summed E-state index contributed by atoms with van der Waals surface area (Å²) in [6.07, 6.45) is 4.37. The van der Waals surface area contributed by atoms with Crippen LogP contribution in [0.1, 0.15) is 46.1 Å². The molecule has 3 nitrogen and oxygen atoms in total. The first-order chi connectivity index (χ1) is 9.47. The molecule has 0 atom stereocenters. The van der Waals surface area contributed by atoms with E-state index >= 15 is 0 Å². The number of anilines is 1. The van der Waals surface area contributed by atoms with Crippen LogP contribution in [0, 0.1) is 5.92 Å². The lowest BCUT2D eigenvalue weighted by Gasteiger charge is -2.26. The number of nitrogens with one attached hydrogen (secondary N) is 1. The summed E-state index contributed by atoms with van der Waals surface area (Å²) in [5, 5.41) is 4.18. The summed E-state index contributed by atoms with van der Waals surface area (Å²) in [5.74, 6) is 1.72. The molecule has 1 saturated carbocycles. The van der Waals surface area contributed by atoms with Crippen molar-refractivity contribution in [2.75, 3.05) is 11.4 Å². The van der Waals surface area contributed by atoms with Crippen molar-refractivity contribution in [3.05, 3.63) is 22.8 Å². The second-order valence-electron chi connectivity index (χ2n) is 6.45. The molecular formula is C16H26ClN3. The van der Waals surface area contributed by atoms with Gasteiger partial charge in [0.25, 0.3) is 0 Å². The Bertz CT molecular complexity index is 441. The van der Waals surface area contributed by atoms with Crippen molar-refractivity contribution in [2.45, 2.75) is 59.2 Å². The predicted octanol–water partition coefficient (Wildman–Crippen LogP) is 3.86. The summed E-state index contributed by atoms with van der Waals surface area (Å²) in [7, 11) is 0. The highest BCUT2D eigenvalue weighted by molar-refractivity contribution is 6.31. The van der Waals surface area contributed by atoms with Crippen LogP contribution in [0.2, 0.25) is 5.02 Å². The summed E-state index contributed by atoms with van der Waals surface area (Å²) in [4.78, 5) is 6.99. The standard InChI is InChI=1S/C16H26ClN3/c1-11(2)10-20(14-5-6-14)16-7-13(8-18-12(3)4)15(17)9-19-16/h7,9,11-12,14,18H,5-6,8,10H2,1-4H3. The Morgan fingerprint density at radius 2 is 2.05 bits per heavy atom. The zero-order chi connectivity index (χ0) is 14.7. The van der Waals surface area contributed by atoms with Crippen molar-refractivity contribution < 1.29 is 0 Å². The summed E-state index contributed by atoms with van der Waals surface area (Å²) >= 11 is 6.26. The normalized spacial score (nSPS) is 15.2. The van der Waals surface area contributed by atoms with Gasteiger partial charge in [-0.05, 0) is 30.4 Å². The Labute approximate surface area is 127 Å². The van der Waals surface area contributed by atoms with Gasteiger partial charge in [-0.15, -0.1) is 0 Å². The first kappa shape index (κ1) is 15.6. The molecule has 1 aromatic heterocycles. The van der Waals surface area contributed by atoms with Gasteiger partial charge < -0.3 is 10.2 Å². The molecule has 0 radical (unpaired) electrons. The molecule has 4 heteroatoms. The van der Waals surface area contributed by atoms with Crippen molar-refractivity contribution in [1.82, 2.24) is 10.3 Å². The number of nitrogens with zero attached hydrogens (tertiary/aromatic N) is 2. The highest BCUT2D eigenvalue weighted by atomic mass is 35.5. The molecule has 0 aliphatic heterocycles. The fraction of sp³-hybridized carbons (Fsp3) is 0.688. The van der Waals surface area contributed by atoms with Gasteiger partial charge in [-0.25, -0.2) is 4.98 Å². The van der Waals surface area contributed by atoms with E-state index in [1.54, 1.807) is 6.20 Å². The SMILES string of the molecule is CC(C)CN(c1cc(CNC(C)C)c(Cl)cn1)C1CC1. The van der Waals surface area contributed by atoms with Gasteiger partial charge >= 0.3 is 0 Å². The van der Waals surface area contributed by atoms with Crippen molar-refractivity contribution in [1.29, 1.82) is 0 Å². The first-order valence-electron chi connectivity index (χ1n) is 7.61. The van der Waals surface area contributed by atoms with Crippen molar-refractivity contribution in [3.63, 3.8) is 0 Å². The van der Waals surface area contributed by atoms with Crippen LogP contribution in [0.4, 0.5) is 5.82 Å². The molecule has 0 aromatic carbocycles. The molecule has 0 bridgehead atoms. The second-order valence-corrected chi connectivity index (χ2v) is 6.85. The van der Waals surface area contributed by atoms with E-state index in [1.807, 2.05) is 0 Å². The second kappa shape index (κ2) is 6.77. The van der Waals surface area contributed by atoms with Gasteiger partial charge in [-0.2, -0.15) is 0 Å². The van der Waals surface area contributed by atoms with Crippen LogP contribution in [0.5, 0.6) is 0 Å². The highest BCUT2D eigenvalue weighted by Crippen LogP contribution is 2.32. The molecule has 0 saturated heterocycles. The number of aromatic nitrogens is 1. The maximum Gasteiger partial charge on any atom is 0.129 e. The monoisotopic (exact) mass is 295 g/mol. The number of hydrogen-bond donors (Lipinski definition) is 1. The van der Waals surface area contributed by atoms with E-state index in [1.165, 1.54) is 12.8 Å². The average molecular weight is 296 g/mol. The number of halogens is 1. The Balaban J connectivity index is 2.15. The van der Waals surface area contributed by atoms with Crippen LogP contribution < -0.4 is 10.2 Å². The molecule has 0 spiro atoms. The lowest BCUT2D eigenvalue weighted by atomic mass is 10.2. The van der Waals surface area contributed by atoms with Crippen molar-refractivity contribution >= 4 is 17.4 Å². The van der Waals surface area contributed by atoms with Gasteiger partial charge in [0.15, 0.2) is 0 Å². The number of rotatable bonds is 7. The minimum atomic E-state index is 0.456. The summed E-state index contributed by atoms with van der Waals surface area (Å²) in [6.45, 7) is 10.7. The zero-order valence-corrected chi connectivity index (χ0v) is 13.7. The Hall–Kier alpha value is -0.800. The van der Waals surface area contributed by atoms with Crippen LogP contribution >= 0.6 is 11.6 Å². The van der Waals surface area contributed by atoms with E-state index in [-0.39, 0.29) is 0 Å². The molecule has 0 unspecified atom stereocenters. The summed E-state index contributed by atoms with van der Waals surface area (Å²) in [6, 6.07) is 3.29. The fourth-order valence-electron chi connectivity index (χ4n) is 2.28. The van der Waals surface area contributed by atoms with Gasteiger partial charge in [0.05, 0.1) is 5.02 Å². The van der Waals surface area contributed by atoms with E-state index in [2.05, 4.69) is 49.0 Å². The molecule has 0 amide bonds. The number of pyridine rings is 1. The third kappa shape index (κ3) is 4.35. The molecule has 112 valence electrons. The Morgan fingerprint density at radius 3 is 2.60 bits per heavy atom. The fourth-order valence-corrected chi connectivity index (χ4v) is 2.45. The highest BCUT2D eigenvalue weighted by Gasteiger charge is 2.30. The maximum atomic E-state index is 6.26. The van der Waals surface area contributed by atoms with Gasteiger partial charge in [0.1, 0.15) is 5.82 Å². The zero-order valence-electron chi connectivity index (χ0n) is 13.0. The molecule has 2 rings (SSSR count). The van der Waals surface area contributed by atoms with Crippen molar-refractivity contribution in [2.24, 2.45) is 5.92 Å². The van der Waals surface area contributed by atoms with Gasteiger partial charge in [-0.3, -0.25) is 0 Å². The first-order valence-corrected chi connectivity index (χ1v) is 7.99. The van der Waals surface area contributed by atoms with E-state index < -0.39 is 0 Å². The maximum absolute atomic E-state index is 6.26. The quantitative estimate of drug-likeness (QED) is 0.828. The number of hydrogen-bond acceptors (Lipinski definition) is 3. The molecule has 20 heavy (non-hydrogen) atoms. The van der Waals surface area contributed by atoms with Crippen LogP contribution in [0.25, 0.3) is 0 Å². The summed E-state index contributed by atoms with van der Waals surface area (Å²) < 4.78 is 0. The Kier molecular flexibility index (Phi) is 5.28. The molecule has 1 aliphatic rings. The van der Waals surface area contributed by atoms with E-state index in [0.29, 0.717) is 18.0 Å². The summed E-state index contributed by atoms with van der Waals surface area (Å²) in [5.41, 5.74) is 1.14. The van der Waals surface area contributed by atoms with E-state index in [0.717, 1.165) is 29.5 Å². The smallest absolute Gasteiger partial charge is 0.129 e. The minimum Gasteiger partial charge on any atom is -0.353 e. The van der Waals surface area contributed by atoms with Crippen LogP contribution in [0.3, 0.4) is 0 Å². The molecule has 1 aromatic rings. The van der Waals surface area contributed by atoms with Crippen LogP contribution in [-0.2, 0) is 6.54 Å². The van der Waals surface area contributed by atoms with Gasteiger partial charge in [-0.1, -0.05) is 39.3 Å². The predicted molar refractivity (Wildman–Crippen MR) is 86.4 cm³/mol. The van der Waals surface area contributed by atoms with Crippen LogP contribution in [0.15, 0.2) is 12.3 Å². The molecule has 1 fully saturated rings. The van der Waals surface area contributed by atoms with Gasteiger partial charge in [0, 0.05) is 31.4 Å². The molecule has 1 N–H and O–H groups in total. The third-order valence-electron chi connectivity index (χ3n) is 3.46. The lowest BCUT2D eigenvalue weighted by Crippen LogP contribution is -2.31. The van der Waals surface area contributed by atoms with E-state index in [9.17, 15) is 0 Å². The van der Waals surface area contributed by atoms with Crippen LogP contribution in [-0.4, -0.2) is 23.6 Å².